The van der Waals surface area contributed by atoms with Crippen molar-refractivity contribution < 1.29 is 4.74 Å². The second-order valence-corrected chi connectivity index (χ2v) is 4.37. The number of ether oxygens (including phenoxy) is 1. The zero-order valence-electron chi connectivity index (χ0n) is 9.99. The Morgan fingerprint density at radius 1 is 1.67 bits per heavy atom. The van der Waals surface area contributed by atoms with Crippen molar-refractivity contribution in [3.05, 3.63) is 0 Å². The van der Waals surface area contributed by atoms with E-state index < -0.39 is 0 Å². The summed E-state index contributed by atoms with van der Waals surface area (Å²) in [6.07, 6.45) is 3.72. The molecule has 0 radical (unpaired) electrons. The van der Waals surface area contributed by atoms with Crippen LogP contribution in [0.25, 0.3) is 0 Å². The van der Waals surface area contributed by atoms with E-state index in [1.165, 1.54) is 19.3 Å². The molecule has 1 aliphatic rings. The maximum Gasteiger partial charge on any atom is 0.189 e. The normalized spacial score (nSPS) is 27.5. The molecule has 4 nitrogen and oxygen atoms in total. The van der Waals surface area contributed by atoms with E-state index in [4.69, 9.17) is 10.5 Å². The first kappa shape index (κ1) is 12.3. The number of nitrogens with two attached hydrogens (primary N) is 1. The van der Waals surface area contributed by atoms with Gasteiger partial charge in [0.2, 0.25) is 0 Å². The molecule has 0 spiro atoms. The number of hydrogen-bond acceptors (Lipinski definition) is 2. The minimum atomic E-state index is 0.224. The molecule has 0 aromatic rings. The average molecular weight is 213 g/mol. The highest BCUT2D eigenvalue weighted by molar-refractivity contribution is 5.78. The molecule has 1 saturated carbocycles. The predicted molar refractivity (Wildman–Crippen MR) is 62.9 cm³/mol. The van der Waals surface area contributed by atoms with Crippen LogP contribution in [0.1, 0.15) is 33.1 Å². The first-order valence-corrected chi connectivity index (χ1v) is 5.76. The third-order valence-corrected chi connectivity index (χ3v) is 2.66. The molecule has 1 fully saturated rings. The van der Waals surface area contributed by atoms with Crippen LogP contribution in [0.3, 0.4) is 0 Å². The highest BCUT2D eigenvalue weighted by atomic mass is 16.5. The van der Waals surface area contributed by atoms with Crippen LogP contribution in [0.4, 0.5) is 0 Å². The molecule has 0 aliphatic heterocycles. The van der Waals surface area contributed by atoms with Gasteiger partial charge in [-0.15, -0.1) is 0 Å². The van der Waals surface area contributed by atoms with E-state index in [9.17, 15) is 0 Å². The second kappa shape index (κ2) is 5.95. The van der Waals surface area contributed by atoms with Gasteiger partial charge in [-0.05, 0) is 25.7 Å². The molecule has 88 valence electrons. The summed E-state index contributed by atoms with van der Waals surface area (Å²) in [4.78, 5) is 4.44. The molecular weight excluding hydrogens is 190 g/mol. The van der Waals surface area contributed by atoms with Gasteiger partial charge in [-0.1, -0.05) is 13.3 Å². The van der Waals surface area contributed by atoms with Gasteiger partial charge >= 0.3 is 0 Å². The monoisotopic (exact) mass is 213 g/mol. The summed E-state index contributed by atoms with van der Waals surface area (Å²) in [5, 5.41) is 3.12. The lowest BCUT2D eigenvalue weighted by Gasteiger charge is -2.12. The van der Waals surface area contributed by atoms with Crippen molar-refractivity contribution in [2.75, 3.05) is 13.7 Å². The zero-order chi connectivity index (χ0) is 11.3. The Hall–Kier alpha value is -0.770. The Kier molecular flexibility index (Phi) is 4.88. The first-order valence-electron chi connectivity index (χ1n) is 5.76. The van der Waals surface area contributed by atoms with Crippen LogP contribution in [-0.2, 0) is 4.74 Å². The molecule has 3 atom stereocenters. The van der Waals surface area contributed by atoms with E-state index in [1.54, 1.807) is 7.11 Å². The smallest absolute Gasteiger partial charge is 0.189 e. The van der Waals surface area contributed by atoms with E-state index in [0.717, 1.165) is 5.92 Å². The lowest BCUT2D eigenvalue weighted by molar-refractivity contribution is 0.179. The number of rotatable bonds is 6. The van der Waals surface area contributed by atoms with Gasteiger partial charge in [-0.2, -0.15) is 0 Å². The van der Waals surface area contributed by atoms with Crippen LogP contribution in [0, 0.1) is 5.92 Å². The molecular formula is C11H23N3O. The number of nitrogens with one attached hydrogen (secondary N) is 1. The van der Waals surface area contributed by atoms with E-state index >= 15 is 0 Å². The maximum atomic E-state index is 5.79. The van der Waals surface area contributed by atoms with Crippen molar-refractivity contribution in [2.45, 2.75) is 45.2 Å². The summed E-state index contributed by atoms with van der Waals surface area (Å²) in [7, 11) is 1.68. The fraction of sp³-hybridized carbons (Fsp3) is 0.909. The van der Waals surface area contributed by atoms with Crippen LogP contribution >= 0.6 is 0 Å². The van der Waals surface area contributed by atoms with Gasteiger partial charge in [0.05, 0.1) is 12.6 Å². The van der Waals surface area contributed by atoms with Crippen LogP contribution in [0.2, 0.25) is 0 Å². The topological polar surface area (TPSA) is 59.6 Å². The molecule has 1 rings (SSSR count). The van der Waals surface area contributed by atoms with Gasteiger partial charge in [0, 0.05) is 13.2 Å². The van der Waals surface area contributed by atoms with E-state index in [2.05, 4.69) is 17.2 Å². The van der Waals surface area contributed by atoms with Gasteiger partial charge in [0.15, 0.2) is 5.96 Å². The maximum absolute atomic E-state index is 5.79. The standard InChI is InChI=1S/C11H23N3O/c1-4-5-9-6-10(9)14-11(12)13-8(2)7-15-3/h8-10H,4-7H2,1-3H3,(H3,12,13,14). The Morgan fingerprint density at radius 3 is 3.00 bits per heavy atom. The molecule has 3 N–H and O–H groups in total. The van der Waals surface area contributed by atoms with Crippen LogP contribution < -0.4 is 11.1 Å². The molecule has 15 heavy (non-hydrogen) atoms. The van der Waals surface area contributed by atoms with Crippen molar-refractivity contribution in [3.8, 4) is 0 Å². The molecule has 0 heterocycles. The number of methoxy groups -OCH3 is 1. The van der Waals surface area contributed by atoms with Gasteiger partial charge < -0.3 is 15.8 Å². The minimum Gasteiger partial charge on any atom is -0.383 e. The van der Waals surface area contributed by atoms with E-state index in [0.29, 0.717) is 18.6 Å². The number of guanidine groups is 1. The number of nitrogens with zero attached hydrogens (tertiary/aromatic N) is 1. The molecule has 0 aromatic heterocycles. The quantitative estimate of drug-likeness (QED) is 0.513. The van der Waals surface area contributed by atoms with Crippen LogP contribution in [0.5, 0.6) is 0 Å². The number of hydrogen-bond donors (Lipinski definition) is 2. The third-order valence-electron chi connectivity index (χ3n) is 2.66. The predicted octanol–water partition coefficient (Wildman–Crippen LogP) is 1.11. The van der Waals surface area contributed by atoms with E-state index in [1.807, 2.05) is 6.92 Å². The molecule has 0 aromatic carbocycles. The van der Waals surface area contributed by atoms with Crippen molar-refractivity contribution in [2.24, 2.45) is 16.6 Å². The van der Waals surface area contributed by atoms with Crippen LogP contribution in [0.15, 0.2) is 4.99 Å². The highest BCUT2D eigenvalue weighted by Gasteiger charge is 2.35. The highest BCUT2D eigenvalue weighted by Crippen LogP contribution is 2.37. The lowest BCUT2D eigenvalue weighted by Crippen LogP contribution is -2.40. The summed E-state index contributed by atoms with van der Waals surface area (Å²) in [6.45, 7) is 4.89. The second-order valence-electron chi connectivity index (χ2n) is 4.37. The average Bonchev–Trinajstić information content (AvgIpc) is 2.84. The summed E-state index contributed by atoms with van der Waals surface area (Å²) >= 11 is 0. The molecule has 1 aliphatic carbocycles. The van der Waals surface area contributed by atoms with Gasteiger partial charge in [-0.25, -0.2) is 4.99 Å². The lowest BCUT2D eigenvalue weighted by atomic mass is 10.2. The van der Waals surface area contributed by atoms with Gasteiger partial charge in [-0.3, -0.25) is 0 Å². The summed E-state index contributed by atoms with van der Waals surface area (Å²) < 4.78 is 5.01. The van der Waals surface area contributed by atoms with Gasteiger partial charge in [0.1, 0.15) is 0 Å². The summed E-state index contributed by atoms with van der Waals surface area (Å²) in [5.74, 6) is 1.33. The Bertz CT molecular complexity index is 218. The first-order chi connectivity index (χ1) is 7.17. The molecule has 0 bridgehead atoms. The Labute approximate surface area is 92.3 Å². The van der Waals surface area contributed by atoms with Crippen molar-refractivity contribution in [1.29, 1.82) is 0 Å². The molecule has 3 unspecified atom stereocenters. The van der Waals surface area contributed by atoms with Crippen molar-refractivity contribution in [3.63, 3.8) is 0 Å². The fourth-order valence-electron chi connectivity index (χ4n) is 1.83. The van der Waals surface area contributed by atoms with E-state index in [-0.39, 0.29) is 6.04 Å². The largest absolute Gasteiger partial charge is 0.383 e. The molecule has 0 saturated heterocycles. The SMILES string of the molecule is CCCC1CC1N=C(N)NC(C)COC. The Balaban J connectivity index is 2.22. The fourth-order valence-corrected chi connectivity index (χ4v) is 1.83. The summed E-state index contributed by atoms with van der Waals surface area (Å²) in [5.41, 5.74) is 5.79. The molecule has 4 heteroatoms. The zero-order valence-corrected chi connectivity index (χ0v) is 9.99. The Morgan fingerprint density at radius 2 is 2.40 bits per heavy atom. The minimum absolute atomic E-state index is 0.224. The van der Waals surface area contributed by atoms with Crippen LogP contribution in [-0.4, -0.2) is 31.8 Å². The third kappa shape index (κ3) is 4.51. The van der Waals surface area contributed by atoms with Crippen molar-refractivity contribution in [1.82, 2.24) is 5.32 Å². The van der Waals surface area contributed by atoms with Crippen molar-refractivity contribution >= 4 is 5.96 Å². The molecule has 0 amide bonds. The number of aliphatic imine (C=N–C) groups is 1. The summed E-state index contributed by atoms with van der Waals surface area (Å²) in [6, 6.07) is 0.689. The van der Waals surface area contributed by atoms with Gasteiger partial charge in [0.25, 0.3) is 0 Å².